The number of nitrogens with one attached hydrogen (secondary N) is 1. The van der Waals surface area contributed by atoms with Gasteiger partial charge in [0.05, 0.1) is 6.54 Å². The Bertz CT molecular complexity index is 183. The lowest BCUT2D eigenvalue weighted by Gasteiger charge is -2.23. The highest BCUT2D eigenvalue weighted by Crippen LogP contribution is 2.16. The maximum absolute atomic E-state index is 12.2. The zero-order valence-electron chi connectivity index (χ0n) is 11.0. The minimum absolute atomic E-state index is 0.445. The molecule has 0 aromatic heterocycles. The quantitative estimate of drug-likeness (QED) is 0.629. The van der Waals surface area contributed by atoms with Crippen molar-refractivity contribution in [1.29, 1.82) is 0 Å². The molecule has 0 saturated carbocycles. The van der Waals surface area contributed by atoms with Gasteiger partial charge in [0.15, 0.2) is 0 Å². The zero-order valence-corrected chi connectivity index (χ0v) is 11.0. The molecule has 0 bridgehead atoms. The molecule has 1 N–H and O–H groups in total. The first kappa shape index (κ1) is 16.7. The van der Waals surface area contributed by atoms with Crippen LogP contribution in [0.1, 0.15) is 13.3 Å². The van der Waals surface area contributed by atoms with E-state index in [2.05, 4.69) is 5.32 Å². The molecule has 0 fully saturated rings. The lowest BCUT2D eigenvalue weighted by atomic mass is 10.4. The van der Waals surface area contributed by atoms with E-state index < -0.39 is 12.7 Å². The van der Waals surface area contributed by atoms with Crippen LogP contribution in [0.3, 0.4) is 0 Å². The first-order chi connectivity index (χ1) is 7.85. The molecule has 0 radical (unpaired) electrons. The molecular formula is C11H24F3N3. The lowest BCUT2D eigenvalue weighted by Crippen LogP contribution is -2.40. The number of nitrogens with zero attached hydrogens (tertiary/aromatic N) is 2. The summed E-state index contributed by atoms with van der Waals surface area (Å²) in [5.41, 5.74) is 0. The summed E-state index contributed by atoms with van der Waals surface area (Å²) in [4.78, 5) is 3.48. The van der Waals surface area contributed by atoms with Crippen molar-refractivity contribution in [2.45, 2.75) is 19.5 Å². The van der Waals surface area contributed by atoms with E-state index >= 15 is 0 Å². The Morgan fingerprint density at radius 3 is 2.06 bits per heavy atom. The van der Waals surface area contributed by atoms with Gasteiger partial charge >= 0.3 is 6.18 Å². The maximum atomic E-state index is 12.2. The fourth-order valence-electron chi connectivity index (χ4n) is 1.50. The van der Waals surface area contributed by atoms with Crippen LogP contribution >= 0.6 is 0 Å². The highest BCUT2D eigenvalue weighted by Gasteiger charge is 2.29. The van der Waals surface area contributed by atoms with E-state index in [4.69, 9.17) is 0 Å². The smallest absolute Gasteiger partial charge is 0.314 e. The molecule has 0 aromatic rings. The number of hydrogen-bond donors (Lipinski definition) is 1. The van der Waals surface area contributed by atoms with Crippen LogP contribution in [0, 0.1) is 0 Å². The van der Waals surface area contributed by atoms with Crippen molar-refractivity contribution in [3.05, 3.63) is 0 Å². The summed E-state index contributed by atoms with van der Waals surface area (Å²) in [6, 6.07) is 0. The summed E-state index contributed by atoms with van der Waals surface area (Å²) >= 11 is 0. The molecule has 0 atom stereocenters. The van der Waals surface area contributed by atoms with Crippen LogP contribution in [0.4, 0.5) is 13.2 Å². The number of rotatable bonds is 9. The van der Waals surface area contributed by atoms with Crippen LogP contribution in [-0.2, 0) is 0 Å². The fourth-order valence-corrected chi connectivity index (χ4v) is 1.50. The van der Waals surface area contributed by atoms with Crippen molar-refractivity contribution in [1.82, 2.24) is 15.1 Å². The molecule has 0 saturated heterocycles. The summed E-state index contributed by atoms with van der Waals surface area (Å²) in [6.07, 6.45) is -3.35. The largest absolute Gasteiger partial charge is 0.401 e. The molecule has 6 heteroatoms. The van der Waals surface area contributed by atoms with Gasteiger partial charge in [-0.15, -0.1) is 0 Å². The highest BCUT2D eigenvalue weighted by molar-refractivity contribution is 4.64. The first-order valence-corrected chi connectivity index (χ1v) is 5.99. The van der Waals surface area contributed by atoms with E-state index in [1.165, 1.54) is 4.90 Å². The summed E-state index contributed by atoms with van der Waals surface area (Å²) in [6.45, 7) is 4.32. The van der Waals surface area contributed by atoms with Gasteiger partial charge in [0, 0.05) is 26.2 Å². The number of hydrogen-bond acceptors (Lipinski definition) is 3. The van der Waals surface area contributed by atoms with Gasteiger partial charge in [-0.2, -0.15) is 13.2 Å². The van der Waals surface area contributed by atoms with Crippen LogP contribution in [0.25, 0.3) is 0 Å². The summed E-state index contributed by atoms with van der Waals surface area (Å²) in [7, 11) is 3.93. The zero-order chi connectivity index (χ0) is 13.3. The van der Waals surface area contributed by atoms with E-state index in [1.807, 2.05) is 25.9 Å². The van der Waals surface area contributed by atoms with E-state index in [1.54, 1.807) is 0 Å². The standard InChI is InChI=1S/C11H24F3N3/c1-4-7-17(10-11(12,13)14)9-6-15-5-8-16(2)3/h15H,4-10H2,1-3H3. The van der Waals surface area contributed by atoms with Gasteiger partial charge in [-0.3, -0.25) is 4.90 Å². The molecule has 0 aromatic carbocycles. The fraction of sp³-hybridized carbons (Fsp3) is 1.00. The molecule has 17 heavy (non-hydrogen) atoms. The van der Waals surface area contributed by atoms with Crippen LogP contribution in [0.2, 0.25) is 0 Å². The van der Waals surface area contributed by atoms with Gasteiger partial charge in [-0.05, 0) is 27.1 Å². The normalized spacial score (nSPS) is 12.7. The Hall–Kier alpha value is -0.330. The van der Waals surface area contributed by atoms with Gasteiger partial charge in [0.1, 0.15) is 0 Å². The molecular weight excluding hydrogens is 231 g/mol. The van der Waals surface area contributed by atoms with Crippen molar-refractivity contribution >= 4 is 0 Å². The number of likely N-dealkylation sites (N-methyl/N-ethyl adjacent to an activating group) is 1. The Balaban J connectivity index is 3.70. The summed E-state index contributed by atoms with van der Waals surface area (Å²) in [5.74, 6) is 0. The molecule has 0 heterocycles. The maximum Gasteiger partial charge on any atom is 0.401 e. The van der Waals surface area contributed by atoms with Gasteiger partial charge in [-0.1, -0.05) is 6.92 Å². The van der Waals surface area contributed by atoms with Gasteiger partial charge in [0.2, 0.25) is 0 Å². The minimum Gasteiger partial charge on any atom is -0.314 e. The third-order valence-electron chi connectivity index (χ3n) is 2.28. The second-order valence-corrected chi connectivity index (χ2v) is 4.44. The SMILES string of the molecule is CCCN(CCNCCN(C)C)CC(F)(F)F. The van der Waals surface area contributed by atoms with Gasteiger partial charge < -0.3 is 10.2 Å². The van der Waals surface area contributed by atoms with E-state index in [-0.39, 0.29) is 0 Å². The van der Waals surface area contributed by atoms with Crippen molar-refractivity contribution in [3.8, 4) is 0 Å². The van der Waals surface area contributed by atoms with Crippen LogP contribution in [0.15, 0.2) is 0 Å². The van der Waals surface area contributed by atoms with E-state index in [0.29, 0.717) is 19.6 Å². The van der Waals surface area contributed by atoms with Crippen LogP contribution < -0.4 is 5.32 Å². The third kappa shape index (κ3) is 11.9. The monoisotopic (exact) mass is 255 g/mol. The molecule has 0 amide bonds. The highest BCUT2D eigenvalue weighted by atomic mass is 19.4. The Kier molecular flexibility index (Phi) is 8.55. The van der Waals surface area contributed by atoms with Crippen molar-refractivity contribution in [3.63, 3.8) is 0 Å². The van der Waals surface area contributed by atoms with Crippen LogP contribution in [0.5, 0.6) is 0 Å². The van der Waals surface area contributed by atoms with Gasteiger partial charge in [0.25, 0.3) is 0 Å². The molecule has 0 aliphatic carbocycles. The number of alkyl halides is 3. The molecule has 0 unspecified atom stereocenters. The average Bonchev–Trinajstić information content (AvgIpc) is 2.14. The van der Waals surface area contributed by atoms with Crippen molar-refractivity contribution in [2.75, 3.05) is 53.4 Å². The second kappa shape index (κ2) is 8.72. The molecule has 3 nitrogen and oxygen atoms in total. The molecule has 0 rings (SSSR count). The third-order valence-corrected chi connectivity index (χ3v) is 2.28. The second-order valence-electron chi connectivity index (χ2n) is 4.44. The molecule has 0 aliphatic rings. The topological polar surface area (TPSA) is 18.5 Å². The molecule has 104 valence electrons. The van der Waals surface area contributed by atoms with Crippen molar-refractivity contribution < 1.29 is 13.2 Å². The predicted molar refractivity (Wildman–Crippen MR) is 64.2 cm³/mol. The first-order valence-electron chi connectivity index (χ1n) is 5.99. The molecule has 0 aliphatic heterocycles. The van der Waals surface area contributed by atoms with Crippen molar-refractivity contribution in [2.24, 2.45) is 0 Å². The van der Waals surface area contributed by atoms with E-state index in [9.17, 15) is 13.2 Å². The van der Waals surface area contributed by atoms with Gasteiger partial charge in [-0.25, -0.2) is 0 Å². The van der Waals surface area contributed by atoms with Crippen LogP contribution in [-0.4, -0.2) is 69.3 Å². The summed E-state index contributed by atoms with van der Waals surface area (Å²) in [5, 5.41) is 3.14. The Morgan fingerprint density at radius 1 is 1.00 bits per heavy atom. The van der Waals surface area contributed by atoms with E-state index in [0.717, 1.165) is 19.5 Å². The minimum atomic E-state index is -4.10. The molecule has 0 spiro atoms. The predicted octanol–water partition coefficient (Wildman–Crippen LogP) is 1.41. The Labute approximate surface area is 102 Å². The Morgan fingerprint density at radius 2 is 1.59 bits per heavy atom. The number of halogens is 3. The average molecular weight is 255 g/mol. The lowest BCUT2D eigenvalue weighted by molar-refractivity contribution is -0.145. The summed E-state index contributed by atoms with van der Waals surface area (Å²) < 4.78 is 36.7.